The van der Waals surface area contributed by atoms with E-state index in [4.69, 9.17) is 14.9 Å². The van der Waals surface area contributed by atoms with Crippen LogP contribution >= 0.6 is 0 Å². The molecule has 4 aliphatic rings. The minimum absolute atomic E-state index is 0.132. The van der Waals surface area contributed by atoms with Gasteiger partial charge in [-0.15, -0.1) is 0 Å². The molecular formula is C26H36N4O4. The number of rotatable bonds is 6. The molecule has 3 atom stereocenters. The van der Waals surface area contributed by atoms with Crippen molar-refractivity contribution < 1.29 is 19.1 Å². The van der Waals surface area contributed by atoms with Gasteiger partial charge in [0.15, 0.2) is 0 Å². The zero-order chi connectivity index (χ0) is 23.5. The fourth-order valence-corrected chi connectivity index (χ4v) is 5.76. The van der Waals surface area contributed by atoms with E-state index in [1.165, 1.54) is 19.3 Å². The molecule has 1 unspecified atom stereocenters. The van der Waals surface area contributed by atoms with Gasteiger partial charge in [0.2, 0.25) is 11.8 Å². The highest BCUT2D eigenvalue weighted by Crippen LogP contribution is 2.32. The Balaban J connectivity index is 1.24. The first kappa shape index (κ1) is 23.3. The molecule has 0 radical (unpaired) electrons. The van der Waals surface area contributed by atoms with Gasteiger partial charge >= 0.3 is 0 Å². The second-order valence-corrected chi connectivity index (χ2v) is 10.1. The third-order valence-corrected chi connectivity index (χ3v) is 7.80. The lowest BCUT2D eigenvalue weighted by Gasteiger charge is -2.30. The van der Waals surface area contributed by atoms with Crippen molar-refractivity contribution in [1.82, 2.24) is 15.5 Å². The number of nitrogens with zero attached hydrogens (tertiary/aromatic N) is 1. The Morgan fingerprint density at radius 3 is 2.74 bits per heavy atom. The van der Waals surface area contributed by atoms with Gasteiger partial charge in [-0.1, -0.05) is 12.8 Å². The van der Waals surface area contributed by atoms with E-state index in [1.807, 2.05) is 18.2 Å². The van der Waals surface area contributed by atoms with Gasteiger partial charge in [0.05, 0.1) is 0 Å². The van der Waals surface area contributed by atoms with E-state index in [2.05, 4.69) is 10.6 Å². The molecule has 1 saturated carbocycles. The molecule has 1 aliphatic carbocycles. The van der Waals surface area contributed by atoms with Gasteiger partial charge in [0.25, 0.3) is 0 Å². The number of amides is 2. The maximum Gasteiger partial charge on any atom is 0.249 e. The van der Waals surface area contributed by atoms with E-state index < -0.39 is 6.04 Å². The Labute approximate surface area is 201 Å². The summed E-state index contributed by atoms with van der Waals surface area (Å²) in [6.07, 6.45) is 8.99. The highest BCUT2D eigenvalue weighted by Gasteiger charge is 2.37. The molecule has 8 heteroatoms. The van der Waals surface area contributed by atoms with E-state index >= 15 is 0 Å². The molecule has 3 fully saturated rings. The molecule has 1 aromatic carbocycles. The third-order valence-electron chi connectivity index (χ3n) is 7.80. The number of carbonyl (C=O) groups excluding carboxylic acids is 2. The molecule has 0 bridgehead atoms. The van der Waals surface area contributed by atoms with Crippen LogP contribution in [-0.2, 0) is 20.9 Å². The zero-order valence-corrected chi connectivity index (χ0v) is 19.8. The average Bonchev–Trinajstić information content (AvgIpc) is 3.00. The monoisotopic (exact) mass is 468 g/mol. The van der Waals surface area contributed by atoms with Crippen LogP contribution in [0.25, 0.3) is 0 Å². The van der Waals surface area contributed by atoms with Crippen molar-refractivity contribution in [2.24, 2.45) is 5.92 Å². The molecule has 0 spiro atoms. The first-order chi connectivity index (χ1) is 16.6. The van der Waals surface area contributed by atoms with Crippen LogP contribution in [0.2, 0.25) is 0 Å². The van der Waals surface area contributed by atoms with Gasteiger partial charge < -0.3 is 19.7 Å². The van der Waals surface area contributed by atoms with Gasteiger partial charge in [-0.3, -0.25) is 20.3 Å². The first-order valence-corrected chi connectivity index (χ1v) is 12.9. The van der Waals surface area contributed by atoms with E-state index in [0.717, 1.165) is 62.3 Å². The van der Waals surface area contributed by atoms with Crippen LogP contribution in [0.3, 0.4) is 0 Å². The van der Waals surface area contributed by atoms with Gasteiger partial charge in [-0.2, -0.15) is 0 Å². The molecule has 8 nitrogen and oxygen atoms in total. The van der Waals surface area contributed by atoms with Crippen LogP contribution in [0.1, 0.15) is 68.9 Å². The number of piperidine rings is 1. The van der Waals surface area contributed by atoms with Gasteiger partial charge in [-0.05, 0) is 74.8 Å². The summed E-state index contributed by atoms with van der Waals surface area (Å²) in [4.78, 5) is 25.7. The average molecular weight is 469 g/mol. The Bertz CT molecular complexity index is 929. The second kappa shape index (κ2) is 10.4. The highest BCUT2D eigenvalue weighted by molar-refractivity contribution is 6.06. The molecule has 3 aliphatic heterocycles. The number of hydrogen-bond donors (Lipinski definition) is 3. The molecule has 2 amide bonds. The van der Waals surface area contributed by atoms with Crippen molar-refractivity contribution in [3.05, 3.63) is 29.3 Å². The summed E-state index contributed by atoms with van der Waals surface area (Å²) in [7, 11) is 0. The van der Waals surface area contributed by atoms with E-state index in [1.54, 1.807) is 4.90 Å². The molecule has 184 valence electrons. The van der Waals surface area contributed by atoms with Crippen molar-refractivity contribution in [1.29, 1.82) is 5.41 Å². The lowest BCUT2D eigenvalue weighted by molar-refractivity contribution is -0.136. The van der Waals surface area contributed by atoms with Crippen LogP contribution < -0.4 is 15.4 Å². The zero-order valence-electron chi connectivity index (χ0n) is 19.8. The number of imide groups is 1. The number of fused-ring (bicyclic) bond motifs is 1. The third kappa shape index (κ3) is 5.13. The minimum Gasteiger partial charge on any atom is -0.489 e. The molecule has 0 aromatic heterocycles. The normalized spacial score (nSPS) is 28.4. The van der Waals surface area contributed by atoms with E-state index in [9.17, 15) is 9.59 Å². The summed E-state index contributed by atoms with van der Waals surface area (Å²) in [5, 5.41) is 14.8. The summed E-state index contributed by atoms with van der Waals surface area (Å²) < 4.78 is 12.1. The Hall–Kier alpha value is -2.45. The van der Waals surface area contributed by atoms with Gasteiger partial charge in [-0.25, -0.2) is 0 Å². The smallest absolute Gasteiger partial charge is 0.249 e. The van der Waals surface area contributed by atoms with Gasteiger partial charge in [0.1, 0.15) is 23.7 Å². The summed E-state index contributed by atoms with van der Waals surface area (Å²) >= 11 is 0. The summed E-state index contributed by atoms with van der Waals surface area (Å²) in [5.41, 5.74) is 1.85. The van der Waals surface area contributed by atoms with Crippen molar-refractivity contribution in [2.75, 3.05) is 19.8 Å². The molecule has 3 N–H and O–H groups in total. The second-order valence-electron chi connectivity index (χ2n) is 10.1. The van der Waals surface area contributed by atoms with Crippen LogP contribution in [0.5, 0.6) is 5.75 Å². The Morgan fingerprint density at radius 2 is 1.91 bits per heavy atom. The van der Waals surface area contributed by atoms with Crippen LogP contribution in [0, 0.1) is 11.3 Å². The number of carbonyl (C=O) groups is 2. The van der Waals surface area contributed by atoms with Crippen LogP contribution in [0.15, 0.2) is 18.2 Å². The summed E-state index contributed by atoms with van der Waals surface area (Å²) in [6, 6.07) is 5.82. The topological polar surface area (TPSA) is 104 Å². The molecule has 34 heavy (non-hydrogen) atoms. The number of amidine groups is 1. The molecule has 2 saturated heterocycles. The fraction of sp³-hybridized carbons (Fsp3) is 0.654. The lowest BCUT2D eigenvalue weighted by atomic mass is 9.98. The van der Waals surface area contributed by atoms with E-state index in [0.29, 0.717) is 37.2 Å². The van der Waals surface area contributed by atoms with Crippen molar-refractivity contribution >= 4 is 17.6 Å². The van der Waals surface area contributed by atoms with Gasteiger partial charge in [0, 0.05) is 37.8 Å². The standard InChI is InChI=1S/C26H36N4O4/c27-25-20-7-6-19(14-18(20)16-30(25)22-8-9-24(31)29-26(22)32)34-23-5-3-1-2-4-21(23)28-15-17-10-12-33-13-11-17/h6-7,14,17,21-23,27-28H,1-5,8-13,15-16H2,(H,29,31,32)/t21-,22?,23-/m0/s1. The number of benzene rings is 1. The molecule has 3 heterocycles. The number of nitrogens with one attached hydrogen (secondary N) is 3. The largest absolute Gasteiger partial charge is 0.489 e. The Kier molecular flexibility index (Phi) is 7.15. The van der Waals surface area contributed by atoms with Crippen molar-refractivity contribution in [3.63, 3.8) is 0 Å². The molecular weight excluding hydrogens is 432 g/mol. The maximum absolute atomic E-state index is 12.4. The van der Waals surface area contributed by atoms with E-state index in [-0.39, 0.29) is 17.9 Å². The lowest BCUT2D eigenvalue weighted by Crippen LogP contribution is -2.52. The quantitative estimate of drug-likeness (QED) is 0.438. The van der Waals surface area contributed by atoms with Crippen LogP contribution in [0.4, 0.5) is 0 Å². The van der Waals surface area contributed by atoms with Crippen molar-refractivity contribution in [3.8, 4) is 5.75 Å². The molecule has 5 rings (SSSR count). The SMILES string of the molecule is N=C1c2ccc(O[C@H]3CCCCC[C@@H]3NCC3CCOCC3)cc2CN1C1CCC(=O)NC1=O. The first-order valence-electron chi connectivity index (χ1n) is 12.9. The summed E-state index contributed by atoms with van der Waals surface area (Å²) in [5.74, 6) is 1.33. The predicted octanol–water partition coefficient (Wildman–Crippen LogP) is 2.73. The number of hydrogen-bond acceptors (Lipinski definition) is 6. The van der Waals surface area contributed by atoms with Crippen molar-refractivity contribution in [2.45, 2.75) is 82.5 Å². The fourth-order valence-electron chi connectivity index (χ4n) is 5.76. The number of ether oxygens (including phenoxy) is 2. The predicted molar refractivity (Wildman–Crippen MR) is 128 cm³/mol. The Morgan fingerprint density at radius 1 is 1.09 bits per heavy atom. The molecule has 1 aromatic rings. The highest BCUT2D eigenvalue weighted by atomic mass is 16.5. The van der Waals surface area contributed by atoms with Crippen LogP contribution in [-0.4, -0.2) is 60.5 Å². The summed E-state index contributed by atoms with van der Waals surface area (Å²) in [6.45, 7) is 3.26. The minimum atomic E-state index is -0.470. The maximum atomic E-state index is 12.4.